The Balaban J connectivity index is 1.60. The largest absolute Gasteiger partial charge is 0.352 e. The number of sulfone groups is 1. The van der Waals surface area contributed by atoms with Crippen LogP contribution in [0.4, 0.5) is 0 Å². The summed E-state index contributed by atoms with van der Waals surface area (Å²) >= 11 is 0. The van der Waals surface area contributed by atoms with Crippen molar-refractivity contribution >= 4 is 15.7 Å². The van der Waals surface area contributed by atoms with Crippen molar-refractivity contribution in [3.63, 3.8) is 0 Å². The highest BCUT2D eigenvalue weighted by molar-refractivity contribution is 7.91. The maximum Gasteiger partial charge on any atom is 0.224 e. The first-order chi connectivity index (χ1) is 10.0. The van der Waals surface area contributed by atoms with E-state index in [0.717, 1.165) is 18.4 Å². The van der Waals surface area contributed by atoms with Crippen LogP contribution in [0.1, 0.15) is 36.0 Å². The Hall–Kier alpha value is -1.36. The quantitative estimate of drug-likeness (QED) is 0.918. The lowest BCUT2D eigenvalue weighted by molar-refractivity contribution is -0.120. The van der Waals surface area contributed by atoms with Crippen LogP contribution in [0.25, 0.3) is 0 Å². The Morgan fingerprint density at radius 1 is 1.19 bits per heavy atom. The van der Waals surface area contributed by atoms with Gasteiger partial charge in [-0.1, -0.05) is 18.2 Å². The number of amides is 1. The molecule has 1 aliphatic heterocycles. The van der Waals surface area contributed by atoms with E-state index in [4.69, 9.17) is 0 Å². The smallest absolute Gasteiger partial charge is 0.224 e. The van der Waals surface area contributed by atoms with Crippen LogP contribution in [0, 0.1) is 0 Å². The number of nitrogens with one attached hydrogen (secondary N) is 1. The lowest BCUT2D eigenvalue weighted by Crippen LogP contribution is -2.36. The molecule has 0 spiro atoms. The fourth-order valence-corrected chi connectivity index (χ4v) is 4.94. The first-order valence-electron chi connectivity index (χ1n) is 7.62. The average Bonchev–Trinajstić information content (AvgIpc) is 2.77. The summed E-state index contributed by atoms with van der Waals surface area (Å²) in [6.07, 6.45) is 5.60. The average molecular weight is 307 g/mol. The lowest BCUT2D eigenvalue weighted by atomic mass is 9.90. The Kier molecular flexibility index (Phi) is 4.02. The van der Waals surface area contributed by atoms with Crippen LogP contribution in [0.15, 0.2) is 18.2 Å². The van der Waals surface area contributed by atoms with Gasteiger partial charge in [0.1, 0.15) is 0 Å². The van der Waals surface area contributed by atoms with Gasteiger partial charge in [-0.3, -0.25) is 4.79 Å². The van der Waals surface area contributed by atoms with Crippen molar-refractivity contribution in [3.8, 4) is 0 Å². The molecule has 1 aromatic carbocycles. The fourth-order valence-electron chi connectivity index (χ4n) is 3.27. The van der Waals surface area contributed by atoms with Crippen molar-refractivity contribution in [2.45, 2.75) is 44.6 Å². The van der Waals surface area contributed by atoms with E-state index in [0.29, 0.717) is 12.8 Å². The summed E-state index contributed by atoms with van der Waals surface area (Å²) in [5.41, 5.74) is 3.80. The van der Waals surface area contributed by atoms with E-state index < -0.39 is 9.84 Å². The summed E-state index contributed by atoms with van der Waals surface area (Å²) in [6.45, 7) is 0. The van der Waals surface area contributed by atoms with Crippen LogP contribution in [0.5, 0.6) is 0 Å². The third-order valence-electron chi connectivity index (χ3n) is 4.38. The van der Waals surface area contributed by atoms with E-state index in [2.05, 4.69) is 17.4 Å². The van der Waals surface area contributed by atoms with Crippen molar-refractivity contribution in [2.24, 2.45) is 0 Å². The first-order valence-corrected chi connectivity index (χ1v) is 9.44. The zero-order valence-corrected chi connectivity index (χ0v) is 12.9. The number of carbonyl (C=O) groups excluding carboxylic acids is 1. The first kappa shape index (κ1) is 14.6. The minimum absolute atomic E-state index is 0.0761. The molecule has 0 saturated carbocycles. The normalized spacial score (nSPS) is 23.5. The second-order valence-corrected chi connectivity index (χ2v) is 8.38. The van der Waals surface area contributed by atoms with Crippen LogP contribution in [0.3, 0.4) is 0 Å². The molecule has 1 amide bonds. The van der Waals surface area contributed by atoms with Crippen LogP contribution in [-0.2, 0) is 33.9 Å². The van der Waals surface area contributed by atoms with E-state index in [1.807, 2.05) is 6.07 Å². The molecular weight excluding hydrogens is 286 g/mol. The maximum absolute atomic E-state index is 12.0. The minimum Gasteiger partial charge on any atom is -0.352 e. The molecule has 1 aliphatic carbocycles. The number of rotatable bonds is 3. The molecule has 1 heterocycles. The Labute approximate surface area is 125 Å². The van der Waals surface area contributed by atoms with Crippen LogP contribution in [0.2, 0.25) is 0 Å². The van der Waals surface area contributed by atoms with E-state index in [9.17, 15) is 13.2 Å². The van der Waals surface area contributed by atoms with Gasteiger partial charge in [0.05, 0.1) is 17.9 Å². The molecule has 114 valence electrons. The number of aryl methyl sites for hydroxylation is 2. The highest BCUT2D eigenvalue weighted by Crippen LogP contribution is 2.22. The van der Waals surface area contributed by atoms with Gasteiger partial charge in [-0.2, -0.15) is 0 Å². The molecule has 1 saturated heterocycles. The number of carbonyl (C=O) groups is 1. The second-order valence-electron chi connectivity index (χ2n) is 6.15. The molecule has 4 nitrogen and oxygen atoms in total. The van der Waals surface area contributed by atoms with Gasteiger partial charge in [0, 0.05) is 6.04 Å². The molecule has 0 bridgehead atoms. The zero-order chi connectivity index (χ0) is 14.9. The van der Waals surface area contributed by atoms with Crippen molar-refractivity contribution in [2.75, 3.05) is 11.5 Å². The van der Waals surface area contributed by atoms with E-state index in [-0.39, 0.29) is 23.5 Å². The van der Waals surface area contributed by atoms with Gasteiger partial charge in [-0.05, 0) is 48.8 Å². The van der Waals surface area contributed by atoms with Gasteiger partial charge < -0.3 is 5.32 Å². The third kappa shape index (κ3) is 3.64. The van der Waals surface area contributed by atoms with Gasteiger partial charge in [0.25, 0.3) is 0 Å². The fraction of sp³-hybridized carbons (Fsp3) is 0.562. The Morgan fingerprint density at radius 2 is 1.95 bits per heavy atom. The highest BCUT2D eigenvalue weighted by atomic mass is 32.2. The topological polar surface area (TPSA) is 63.2 Å². The SMILES string of the molecule is O=C(Cc1ccc2c(c1)CCCC2)N[C@@H]1CCS(=O)(=O)C1. The number of hydrogen-bond acceptors (Lipinski definition) is 3. The monoisotopic (exact) mass is 307 g/mol. The molecule has 21 heavy (non-hydrogen) atoms. The lowest BCUT2D eigenvalue weighted by Gasteiger charge is -2.17. The molecule has 2 aliphatic rings. The van der Waals surface area contributed by atoms with Gasteiger partial charge in [-0.15, -0.1) is 0 Å². The van der Waals surface area contributed by atoms with Crippen LogP contribution < -0.4 is 5.32 Å². The molecular formula is C16H21NO3S. The molecule has 1 aromatic rings. The van der Waals surface area contributed by atoms with E-state index >= 15 is 0 Å². The van der Waals surface area contributed by atoms with Crippen molar-refractivity contribution in [3.05, 3.63) is 34.9 Å². The summed E-state index contributed by atoms with van der Waals surface area (Å²) in [7, 11) is -2.94. The van der Waals surface area contributed by atoms with Crippen molar-refractivity contribution in [1.29, 1.82) is 0 Å². The number of fused-ring (bicyclic) bond motifs is 1. The molecule has 5 heteroatoms. The van der Waals surface area contributed by atoms with Crippen molar-refractivity contribution in [1.82, 2.24) is 5.32 Å². The van der Waals surface area contributed by atoms with Gasteiger partial charge >= 0.3 is 0 Å². The third-order valence-corrected chi connectivity index (χ3v) is 6.14. The molecule has 0 aromatic heterocycles. The van der Waals surface area contributed by atoms with E-state index in [1.165, 1.54) is 24.0 Å². The van der Waals surface area contributed by atoms with Crippen molar-refractivity contribution < 1.29 is 13.2 Å². The molecule has 0 radical (unpaired) electrons. The van der Waals surface area contributed by atoms with Gasteiger partial charge in [0.15, 0.2) is 9.84 Å². The summed E-state index contributed by atoms with van der Waals surface area (Å²) < 4.78 is 22.8. The summed E-state index contributed by atoms with van der Waals surface area (Å²) in [5.74, 6) is 0.201. The molecule has 1 atom stereocenters. The molecule has 0 unspecified atom stereocenters. The predicted octanol–water partition coefficient (Wildman–Crippen LogP) is 1.41. The number of benzene rings is 1. The van der Waals surface area contributed by atoms with Crippen LogP contribution in [-0.4, -0.2) is 31.9 Å². The maximum atomic E-state index is 12.0. The zero-order valence-electron chi connectivity index (χ0n) is 12.1. The van der Waals surface area contributed by atoms with Gasteiger partial charge in [0.2, 0.25) is 5.91 Å². The van der Waals surface area contributed by atoms with Crippen LogP contribution >= 0.6 is 0 Å². The molecule has 3 rings (SSSR count). The Morgan fingerprint density at radius 3 is 2.67 bits per heavy atom. The molecule has 1 N–H and O–H groups in total. The van der Waals surface area contributed by atoms with E-state index in [1.54, 1.807) is 0 Å². The number of hydrogen-bond donors (Lipinski definition) is 1. The summed E-state index contributed by atoms with van der Waals surface area (Å²) in [5, 5.41) is 2.84. The Bertz CT molecular complexity index is 651. The standard InChI is InChI=1S/C16H21NO3S/c18-16(17-15-7-8-21(19,20)11-15)10-12-5-6-13-3-1-2-4-14(13)9-12/h5-6,9,15H,1-4,7-8,10-11H2,(H,17,18)/t15-/m1/s1. The predicted molar refractivity (Wildman–Crippen MR) is 82.0 cm³/mol. The van der Waals surface area contributed by atoms with Gasteiger partial charge in [-0.25, -0.2) is 8.42 Å². The highest BCUT2D eigenvalue weighted by Gasteiger charge is 2.28. The second kappa shape index (κ2) is 5.79. The summed E-state index contributed by atoms with van der Waals surface area (Å²) in [4.78, 5) is 12.0. The minimum atomic E-state index is -2.94. The summed E-state index contributed by atoms with van der Waals surface area (Å²) in [6, 6.07) is 6.09. The molecule has 1 fully saturated rings.